The van der Waals surface area contributed by atoms with Gasteiger partial charge in [-0.05, 0) is 18.2 Å². The first-order chi connectivity index (χ1) is 10.7. The molecule has 0 radical (unpaired) electrons. The molecule has 0 atom stereocenters. The highest BCUT2D eigenvalue weighted by Crippen LogP contribution is 2.29. The van der Waals surface area contributed by atoms with E-state index < -0.39 is 0 Å². The zero-order chi connectivity index (χ0) is 15.5. The Morgan fingerprint density at radius 1 is 1.14 bits per heavy atom. The van der Waals surface area contributed by atoms with E-state index in [1.165, 1.54) is 12.3 Å². The van der Waals surface area contributed by atoms with E-state index in [-0.39, 0.29) is 11.7 Å². The number of nitrogens with zero attached hydrogens (tertiary/aromatic N) is 1. The molecule has 0 saturated heterocycles. The number of carbonyl (C=O) groups is 1. The number of nitrogens with one attached hydrogen (secondary N) is 2. The highest BCUT2D eigenvalue weighted by atomic mass is 35.5. The molecular weight excluding hydrogens is 302 g/mol. The van der Waals surface area contributed by atoms with Crippen LogP contribution in [0.3, 0.4) is 0 Å². The van der Waals surface area contributed by atoms with Gasteiger partial charge >= 0.3 is 0 Å². The number of aromatic amines is 1. The minimum Gasteiger partial charge on any atom is -0.506 e. The molecule has 5 nitrogen and oxygen atoms in total. The van der Waals surface area contributed by atoms with Gasteiger partial charge in [0, 0.05) is 10.6 Å². The van der Waals surface area contributed by atoms with Crippen molar-refractivity contribution in [3.05, 3.63) is 65.3 Å². The van der Waals surface area contributed by atoms with Gasteiger partial charge in [-0.1, -0.05) is 41.9 Å². The second kappa shape index (κ2) is 5.91. The first kappa shape index (κ1) is 14.2. The molecule has 0 fully saturated rings. The number of halogens is 1. The average molecular weight is 314 g/mol. The van der Waals surface area contributed by atoms with Crippen LogP contribution >= 0.6 is 11.6 Å². The van der Waals surface area contributed by atoms with Crippen molar-refractivity contribution in [3.8, 4) is 17.0 Å². The molecule has 0 aliphatic carbocycles. The Morgan fingerprint density at radius 2 is 1.86 bits per heavy atom. The van der Waals surface area contributed by atoms with Gasteiger partial charge in [0.2, 0.25) is 0 Å². The van der Waals surface area contributed by atoms with Crippen LogP contribution in [-0.2, 0) is 0 Å². The maximum atomic E-state index is 12.4. The molecule has 0 unspecified atom stereocenters. The number of para-hydroxylation sites is 2. The van der Waals surface area contributed by atoms with Gasteiger partial charge in [-0.3, -0.25) is 9.89 Å². The smallest absolute Gasteiger partial charge is 0.259 e. The summed E-state index contributed by atoms with van der Waals surface area (Å²) in [6, 6.07) is 13.7. The number of phenols is 1. The average Bonchev–Trinajstić information content (AvgIpc) is 2.99. The van der Waals surface area contributed by atoms with Crippen molar-refractivity contribution in [1.29, 1.82) is 0 Å². The van der Waals surface area contributed by atoms with Crippen molar-refractivity contribution in [2.24, 2.45) is 0 Å². The summed E-state index contributed by atoms with van der Waals surface area (Å²) >= 11 is 6.16. The molecule has 1 heterocycles. The molecule has 0 bridgehead atoms. The lowest BCUT2D eigenvalue weighted by molar-refractivity contribution is 0.102. The first-order valence-electron chi connectivity index (χ1n) is 6.54. The van der Waals surface area contributed by atoms with Crippen LogP contribution in [0.1, 0.15) is 10.4 Å². The molecule has 110 valence electrons. The molecule has 6 heteroatoms. The van der Waals surface area contributed by atoms with Gasteiger partial charge in [0.25, 0.3) is 5.91 Å². The van der Waals surface area contributed by atoms with Gasteiger partial charge in [-0.2, -0.15) is 5.10 Å². The van der Waals surface area contributed by atoms with Gasteiger partial charge in [-0.15, -0.1) is 0 Å². The highest BCUT2D eigenvalue weighted by molar-refractivity contribution is 6.33. The van der Waals surface area contributed by atoms with Crippen LogP contribution in [0, 0.1) is 0 Å². The number of hydrogen-bond donors (Lipinski definition) is 3. The Balaban J connectivity index is 1.94. The van der Waals surface area contributed by atoms with Gasteiger partial charge in [0.05, 0.1) is 23.1 Å². The Kier molecular flexibility index (Phi) is 3.80. The number of carbonyl (C=O) groups excluding carboxylic acids is 1. The van der Waals surface area contributed by atoms with Crippen molar-refractivity contribution >= 4 is 23.2 Å². The van der Waals surface area contributed by atoms with Crippen LogP contribution < -0.4 is 5.32 Å². The molecular formula is C16H12ClN3O2. The van der Waals surface area contributed by atoms with Gasteiger partial charge in [-0.25, -0.2) is 0 Å². The molecule has 2 aromatic carbocycles. The molecule has 0 spiro atoms. The van der Waals surface area contributed by atoms with E-state index >= 15 is 0 Å². The summed E-state index contributed by atoms with van der Waals surface area (Å²) in [5.41, 5.74) is 1.89. The number of phenolic OH excluding ortho intramolecular Hbond substituents is 1. The number of anilines is 1. The predicted molar refractivity (Wildman–Crippen MR) is 85.1 cm³/mol. The summed E-state index contributed by atoms with van der Waals surface area (Å²) < 4.78 is 0. The quantitative estimate of drug-likeness (QED) is 0.645. The lowest BCUT2D eigenvalue weighted by Crippen LogP contribution is -2.12. The van der Waals surface area contributed by atoms with Crippen LogP contribution in [0.15, 0.2) is 54.7 Å². The monoisotopic (exact) mass is 313 g/mol. The Bertz CT molecular complexity index is 830. The Hall–Kier alpha value is -2.79. The van der Waals surface area contributed by atoms with E-state index in [1.54, 1.807) is 30.3 Å². The van der Waals surface area contributed by atoms with Crippen molar-refractivity contribution in [1.82, 2.24) is 10.2 Å². The normalized spacial score (nSPS) is 10.4. The van der Waals surface area contributed by atoms with E-state index in [9.17, 15) is 9.90 Å². The number of benzene rings is 2. The summed E-state index contributed by atoms with van der Waals surface area (Å²) in [5, 5.41) is 19.6. The summed E-state index contributed by atoms with van der Waals surface area (Å²) in [5.74, 6) is -0.385. The number of H-pyrrole nitrogens is 1. The van der Waals surface area contributed by atoms with Crippen LogP contribution in [-0.4, -0.2) is 21.2 Å². The number of hydrogen-bond acceptors (Lipinski definition) is 3. The van der Waals surface area contributed by atoms with Gasteiger partial charge in [0.1, 0.15) is 5.75 Å². The second-order valence-corrected chi connectivity index (χ2v) is 5.02. The predicted octanol–water partition coefficient (Wildman–Crippen LogP) is 3.69. The molecule has 22 heavy (non-hydrogen) atoms. The van der Waals surface area contributed by atoms with Crippen LogP contribution in [0.5, 0.6) is 5.75 Å². The third-order valence-electron chi connectivity index (χ3n) is 3.18. The molecule has 1 aromatic heterocycles. The van der Waals surface area contributed by atoms with Gasteiger partial charge in [0.15, 0.2) is 0 Å². The lowest BCUT2D eigenvalue weighted by Gasteiger charge is -2.08. The molecule has 3 N–H and O–H groups in total. The zero-order valence-electron chi connectivity index (χ0n) is 11.4. The van der Waals surface area contributed by atoms with E-state index in [4.69, 9.17) is 11.6 Å². The third-order valence-corrected chi connectivity index (χ3v) is 3.51. The van der Waals surface area contributed by atoms with Crippen LogP contribution in [0.2, 0.25) is 5.02 Å². The molecule has 0 aliphatic heterocycles. The number of rotatable bonds is 3. The van der Waals surface area contributed by atoms with E-state index in [0.717, 1.165) is 0 Å². The summed E-state index contributed by atoms with van der Waals surface area (Å²) in [7, 11) is 0. The number of amides is 1. The number of aromatic nitrogens is 2. The second-order valence-electron chi connectivity index (χ2n) is 4.61. The van der Waals surface area contributed by atoms with Crippen molar-refractivity contribution in [2.45, 2.75) is 0 Å². The fourth-order valence-electron chi connectivity index (χ4n) is 2.10. The van der Waals surface area contributed by atoms with Crippen LogP contribution in [0.4, 0.5) is 5.69 Å². The fraction of sp³-hybridized carbons (Fsp3) is 0. The van der Waals surface area contributed by atoms with E-state index in [2.05, 4.69) is 15.5 Å². The van der Waals surface area contributed by atoms with Crippen molar-refractivity contribution in [2.75, 3.05) is 5.32 Å². The Labute approximate surface area is 131 Å². The topological polar surface area (TPSA) is 78.0 Å². The molecule has 0 saturated carbocycles. The minimum absolute atomic E-state index is 0.00126. The largest absolute Gasteiger partial charge is 0.506 e. The maximum Gasteiger partial charge on any atom is 0.259 e. The SMILES string of the molecule is O=C(Nc1ccccc1O)c1cn[nH]c1-c1ccccc1Cl. The highest BCUT2D eigenvalue weighted by Gasteiger charge is 2.17. The van der Waals surface area contributed by atoms with Crippen molar-refractivity contribution < 1.29 is 9.90 Å². The van der Waals surface area contributed by atoms with E-state index in [0.29, 0.717) is 27.5 Å². The van der Waals surface area contributed by atoms with Gasteiger partial charge < -0.3 is 10.4 Å². The minimum atomic E-state index is -0.384. The zero-order valence-corrected chi connectivity index (χ0v) is 12.1. The first-order valence-corrected chi connectivity index (χ1v) is 6.92. The summed E-state index contributed by atoms with van der Waals surface area (Å²) in [6.45, 7) is 0. The summed E-state index contributed by atoms with van der Waals surface area (Å²) in [6.07, 6.45) is 1.42. The molecule has 0 aliphatic rings. The molecule has 3 rings (SSSR count). The van der Waals surface area contributed by atoms with E-state index in [1.807, 2.05) is 12.1 Å². The number of aromatic hydroxyl groups is 1. The third kappa shape index (κ3) is 2.66. The summed E-state index contributed by atoms with van der Waals surface area (Å²) in [4.78, 5) is 12.4. The lowest BCUT2D eigenvalue weighted by atomic mass is 10.1. The Morgan fingerprint density at radius 3 is 2.64 bits per heavy atom. The standard InChI is InChI=1S/C16H12ClN3O2/c17-12-6-2-1-5-10(12)15-11(9-18-20-15)16(22)19-13-7-3-4-8-14(13)21/h1-9,21H,(H,18,20)(H,19,22). The van der Waals surface area contributed by atoms with Crippen LogP contribution in [0.25, 0.3) is 11.3 Å². The fourth-order valence-corrected chi connectivity index (χ4v) is 2.33. The molecule has 1 amide bonds. The maximum absolute atomic E-state index is 12.4. The van der Waals surface area contributed by atoms with Crippen molar-refractivity contribution in [3.63, 3.8) is 0 Å². The molecule has 3 aromatic rings.